The average molecular weight is 227 g/mol. The lowest BCUT2D eigenvalue weighted by molar-refractivity contribution is 0.479. The third-order valence-electron chi connectivity index (χ3n) is 0.819. The monoisotopic (exact) mass is 226 g/mol. The van der Waals surface area contributed by atoms with Crippen LogP contribution in [0.3, 0.4) is 0 Å². The van der Waals surface area contributed by atoms with Crippen molar-refractivity contribution in [2.75, 3.05) is 0 Å². The third-order valence-corrected chi connectivity index (χ3v) is 2.51. The molecule has 0 aliphatic rings. The standard InChI is InChI=1S/C3H3BrN2O3S/c4-2-3(6-1-5-2)10(7,8)9/h1H,(H,5,6)(H,7,8,9). The van der Waals surface area contributed by atoms with Crippen LogP contribution in [0.4, 0.5) is 0 Å². The number of hydrogen-bond donors (Lipinski definition) is 2. The minimum Gasteiger partial charge on any atom is -0.333 e. The summed E-state index contributed by atoms with van der Waals surface area (Å²) in [6.45, 7) is 0. The van der Waals surface area contributed by atoms with Crippen molar-refractivity contribution in [3.63, 3.8) is 0 Å². The number of aromatic nitrogens is 2. The molecule has 1 aromatic rings. The minimum absolute atomic E-state index is 0.0787. The fourth-order valence-corrected chi connectivity index (χ4v) is 1.74. The van der Waals surface area contributed by atoms with Crippen molar-refractivity contribution in [2.45, 2.75) is 5.03 Å². The Bertz CT molecular complexity index is 329. The number of H-pyrrole nitrogens is 1. The van der Waals surface area contributed by atoms with Gasteiger partial charge in [0.2, 0.25) is 0 Å². The number of aromatic amines is 1. The zero-order chi connectivity index (χ0) is 7.78. The largest absolute Gasteiger partial charge is 0.333 e. The molecular weight excluding hydrogens is 224 g/mol. The quantitative estimate of drug-likeness (QED) is 0.681. The summed E-state index contributed by atoms with van der Waals surface area (Å²) in [6, 6.07) is 0. The van der Waals surface area contributed by atoms with E-state index in [9.17, 15) is 8.42 Å². The summed E-state index contributed by atoms with van der Waals surface area (Å²) in [5, 5.41) is -0.326. The Hall–Kier alpha value is -0.400. The van der Waals surface area contributed by atoms with E-state index < -0.39 is 10.1 Å². The Labute approximate surface area is 65.4 Å². The van der Waals surface area contributed by atoms with Gasteiger partial charge in [-0.15, -0.1) is 0 Å². The summed E-state index contributed by atoms with van der Waals surface area (Å²) in [7, 11) is -4.16. The molecule has 0 spiro atoms. The first-order chi connectivity index (χ1) is 4.52. The normalized spacial score (nSPS) is 11.8. The van der Waals surface area contributed by atoms with E-state index >= 15 is 0 Å². The van der Waals surface area contributed by atoms with Crippen LogP contribution in [0.2, 0.25) is 0 Å². The summed E-state index contributed by atoms with van der Waals surface area (Å²) >= 11 is 2.82. The van der Waals surface area contributed by atoms with Crippen LogP contribution in [-0.4, -0.2) is 22.9 Å². The molecule has 0 radical (unpaired) electrons. The molecule has 7 heteroatoms. The molecule has 0 unspecified atom stereocenters. The molecule has 1 rings (SSSR count). The van der Waals surface area contributed by atoms with E-state index in [1.165, 1.54) is 0 Å². The van der Waals surface area contributed by atoms with Crippen LogP contribution >= 0.6 is 15.9 Å². The smallest absolute Gasteiger partial charge is 0.312 e. The summed E-state index contributed by atoms with van der Waals surface area (Å²) in [5.41, 5.74) is 0. The molecule has 5 nitrogen and oxygen atoms in total. The van der Waals surface area contributed by atoms with Gasteiger partial charge >= 0.3 is 10.1 Å². The zero-order valence-corrected chi connectivity index (χ0v) is 6.98. The summed E-state index contributed by atoms with van der Waals surface area (Å²) in [4.78, 5) is 5.75. The van der Waals surface area contributed by atoms with E-state index in [1.54, 1.807) is 0 Å². The Kier molecular flexibility index (Phi) is 1.80. The Morgan fingerprint density at radius 3 is 2.50 bits per heavy atom. The summed E-state index contributed by atoms with van der Waals surface area (Å²) in [5.74, 6) is 0. The molecule has 0 amide bonds. The van der Waals surface area contributed by atoms with Crippen LogP contribution in [0.1, 0.15) is 0 Å². The van der Waals surface area contributed by atoms with Crippen molar-refractivity contribution in [2.24, 2.45) is 0 Å². The van der Waals surface area contributed by atoms with Gasteiger partial charge in [0.05, 0.1) is 6.33 Å². The maximum atomic E-state index is 10.4. The molecule has 56 valence electrons. The lowest BCUT2D eigenvalue weighted by Crippen LogP contribution is -1.98. The first-order valence-corrected chi connectivity index (χ1v) is 4.41. The zero-order valence-electron chi connectivity index (χ0n) is 4.57. The highest BCUT2D eigenvalue weighted by Crippen LogP contribution is 2.15. The predicted molar refractivity (Wildman–Crippen MR) is 36.1 cm³/mol. The number of nitrogens with one attached hydrogen (secondary N) is 1. The van der Waals surface area contributed by atoms with E-state index in [-0.39, 0.29) is 9.63 Å². The number of halogens is 1. The fraction of sp³-hybridized carbons (Fsp3) is 0. The van der Waals surface area contributed by atoms with Crippen molar-refractivity contribution >= 4 is 26.0 Å². The van der Waals surface area contributed by atoms with Gasteiger partial charge in [0.1, 0.15) is 4.60 Å². The van der Waals surface area contributed by atoms with Crippen molar-refractivity contribution < 1.29 is 13.0 Å². The average Bonchev–Trinajstić information content (AvgIpc) is 2.11. The van der Waals surface area contributed by atoms with Gasteiger partial charge in [-0.25, -0.2) is 4.98 Å². The van der Waals surface area contributed by atoms with Crippen LogP contribution in [0.25, 0.3) is 0 Å². The van der Waals surface area contributed by atoms with E-state index in [2.05, 4.69) is 25.9 Å². The molecule has 0 bridgehead atoms. The lowest BCUT2D eigenvalue weighted by Gasteiger charge is -1.88. The molecule has 0 aliphatic heterocycles. The first kappa shape index (κ1) is 7.70. The molecule has 1 heterocycles. The van der Waals surface area contributed by atoms with Crippen LogP contribution in [-0.2, 0) is 10.1 Å². The van der Waals surface area contributed by atoms with Gasteiger partial charge < -0.3 is 4.98 Å². The Morgan fingerprint density at radius 2 is 2.30 bits per heavy atom. The summed E-state index contributed by atoms with van der Waals surface area (Å²) < 4.78 is 29.2. The molecular formula is C3H3BrN2O3S. The van der Waals surface area contributed by atoms with Gasteiger partial charge in [-0.05, 0) is 15.9 Å². The highest BCUT2D eigenvalue weighted by molar-refractivity contribution is 9.10. The summed E-state index contributed by atoms with van der Waals surface area (Å²) in [6.07, 6.45) is 1.16. The van der Waals surface area contributed by atoms with Crippen LogP contribution in [0, 0.1) is 0 Å². The van der Waals surface area contributed by atoms with E-state index in [1.807, 2.05) is 0 Å². The van der Waals surface area contributed by atoms with Crippen molar-refractivity contribution in [1.82, 2.24) is 9.97 Å². The Balaban J connectivity index is 3.32. The van der Waals surface area contributed by atoms with Gasteiger partial charge in [-0.2, -0.15) is 8.42 Å². The van der Waals surface area contributed by atoms with Gasteiger partial charge in [0.25, 0.3) is 0 Å². The van der Waals surface area contributed by atoms with Crippen LogP contribution < -0.4 is 0 Å². The highest BCUT2D eigenvalue weighted by Gasteiger charge is 2.15. The van der Waals surface area contributed by atoms with E-state index in [0.717, 1.165) is 6.33 Å². The number of nitrogens with zero attached hydrogens (tertiary/aromatic N) is 1. The van der Waals surface area contributed by atoms with E-state index in [0.29, 0.717) is 0 Å². The Morgan fingerprint density at radius 1 is 1.70 bits per heavy atom. The SMILES string of the molecule is O=S(=O)(O)c1[nH]cnc1Br. The maximum absolute atomic E-state index is 10.4. The maximum Gasteiger partial charge on any atom is 0.312 e. The molecule has 0 aliphatic carbocycles. The molecule has 2 N–H and O–H groups in total. The van der Waals surface area contributed by atoms with Crippen molar-refractivity contribution in [3.8, 4) is 0 Å². The van der Waals surface area contributed by atoms with Gasteiger partial charge in [-0.1, -0.05) is 0 Å². The second-order valence-electron chi connectivity index (χ2n) is 1.50. The molecule has 0 saturated heterocycles. The second-order valence-corrected chi connectivity index (χ2v) is 3.61. The number of hydrogen-bond acceptors (Lipinski definition) is 3. The van der Waals surface area contributed by atoms with Gasteiger partial charge in [0.15, 0.2) is 5.03 Å². The molecule has 0 aromatic carbocycles. The number of imidazole rings is 1. The predicted octanol–water partition coefficient (Wildman–Crippen LogP) is 0.419. The fourth-order valence-electron chi connectivity index (χ4n) is 0.447. The lowest BCUT2D eigenvalue weighted by atomic mass is 10.9. The van der Waals surface area contributed by atoms with Crippen molar-refractivity contribution in [1.29, 1.82) is 0 Å². The second kappa shape index (κ2) is 2.33. The topological polar surface area (TPSA) is 83.0 Å². The van der Waals surface area contributed by atoms with Crippen LogP contribution in [0.15, 0.2) is 16.0 Å². The first-order valence-electron chi connectivity index (χ1n) is 2.18. The third kappa shape index (κ3) is 1.36. The molecule has 0 saturated carbocycles. The van der Waals surface area contributed by atoms with E-state index in [4.69, 9.17) is 4.55 Å². The minimum atomic E-state index is -4.16. The van der Waals surface area contributed by atoms with Crippen LogP contribution in [0.5, 0.6) is 0 Å². The molecule has 1 aromatic heterocycles. The van der Waals surface area contributed by atoms with Crippen molar-refractivity contribution in [3.05, 3.63) is 10.9 Å². The van der Waals surface area contributed by atoms with Gasteiger partial charge in [-0.3, -0.25) is 4.55 Å². The number of rotatable bonds is 1. The molecule has 0 fully saturated rings. The molecule has 10 heavy (non-hydrogen) atoms. The van der Waals surface area contributed by atoms with Gasteiger partial charge in [0, 0.05) is 0 Å². The molecule has 0 atom stereocenters. The highest BCUT2D eigenvalue weighted by atomic mass is 79.9.